The normalized spacial score (nSPS) is 13.9. The quantitative estimate of drug-likeness (QED) is 0.478. The Balaban J connectivity index is 1.95. The molecule has 1 saturated carbocycles. The molecule has 1 amide bonds. The first-order valence-corrected chi connectivity index (χ1v) is 12.4. The first-order valence-electron chi connectivity index (χ1n) is 10.2. The Labute approximate surface area is 191 Å². The summed E-state index contributed by atoms with van der Waals surface area (Å²) in [5.74, 6) is -0.185. The van der Waals surface area contributed by atoms with Crippen molar-refractivity contribution in [3.05, 3.63) is 52.7 Å². The Hall–Kier alpha value is -2.91. The molecule has 8 nitrogen and oxygen atoms in total. The predicted molar refractivity (Wildman–Crippen MR) is 124 cm³/mol. The van der Waals surface area contributed by atoms with Crippen molar-refractivity contribution in [3.8, 4) is 5.69 Å². The Bertz CT molecular complexity index is 1300. The fourth-order valence-electron chi connectivity index (χ4n) is 3.84. The number of anilines is 1. The van der Waals surface area contributed by atoms with Crippen LogP contribution in [0.15, 0.2) is 36.4 Å². The van der Waals surface area contributed by atoms with Crippen molar-refractivity contribution in [1.82, 2.24) is 9.78 Å². The topological polar surface area (TPSA) is 115 Å². The zero-order valence-electron chi connectivity index (χ0n) is 17.5. The Morgan fingerprint density at radius 2 is 1.97 bits per heavy atom. The van der Waals surface area contributed by atoms with Crippen molar-refractivity contribution in [3.63, 3.8) is 0 Å². The van der Waals surface area contributed by atoms with Crippen molar-refractivity contribution in [1.29, 1.82) is 0 Å². The van der Waals surface area contributed by atoms with Gasteiger partial charge in [-0.1, -0.05) is 11.6 Å². The molecule has 0 saturated heterocycles. The van der Waals surface area contributed by atoms with Gasteiger partial charge in [0.15, 0.2) is 0 Å². The molecule has 0 unspecified atom stereocenters. The molecule has 3 aromatic rings. The number of hydrogen-bond donors (Lipinski definition) is 1. The van der Waals surface area contributed by atoms with Crippen molar-refractivity contribution in [2.75, 3.05) is 17.1 Å². The lowest BCUT2D eigenvalue weighted by Gasteiger charge is -2.24. The number of carbonyl (C=O) groups excluding carboxylic acids is 2. The lowest BCUT2D eigenvalue weighted by atomic mass is 10.0. The number of aromatic nitrogens is 2. The molecule has 2 aromatic carbocycles. The van der Waals surface area contributed by atoms with E-state index in [9.17, 15) is 18.0 Å². The lowest BCUT2D eigenvalue weighted by molar-refractivity contribution is -0.107. The molecule has 32 heavy (non-hydrogen) atoms. The number of aldehydes is 1. The van der Waals surface area contributed by atoms with Crippen LogP contribution in [0.2, 0.25) is 5.02 Å². The van der Waals surface area contributed by atoms with Gasteiger partial charge in [0.2, 0.25) is 10.0 Å². The molecule has 0 spiro atoms. The molecule has 1 aromatic heterocycles. The van der Waals surface area contributed by atoms with Gasteiger partial charge in [-0.25, -0.2) is 13.1 Å². The third-order valence-electron chi connectivity index (χ3n) is 5.50. The smallest absolute Gasteiger partial charge is 0.268 e. The molecule has 1 aliphatic carbocycles. The number of fused-ring (bicyclic) bond motifs is 1. The van der Waals surface area contributed by atoms with Gasteiger partial charge in [-0.05, 0) is 67.1 Å². The molecule has 0 radical (unpaired) electrons. The van der Waals surface area contributed by atoms with Gasteiger partial charge in [-0.2, -0.15) is 5.10 Å². The predicted octanol–water partition coefficient (Wildman–Crippen LogP) is 3.09. The molecule has 0 bridgehead atoms. The van der Waals surface area contributed by atoms with Gasteiger partial charge in [0.25, 0.3) is 5.91 Å². The molecule has 168 valence electrons. The molecule has 1 heterocycles. The number of carbonyl (C=O) groups is 2. The number of nitrogens with two attached hydrogens (primary N) is 1. The van der Waals surface area contributed by atoms with E-state index in [1.165, 1.54) is 8.99 Å². The number of rotatable bonds is 9. The summed E-state index contributed by atoms with van der Waals surface area (Å²) in [4.78, 5) is 23.4. The van der Waals surface area contributed by atoms with Crippen LogP contribution in [-0.4, -0.2) is 43.2 Å². The summed E-state index contributed by atoms with van der Waals surface area (Å²) >= 11 is 5.99. The minimum absolute atomic E-state index is 0.0338. The molecule has 1 fully saturated rings. The van der Waals surface area contributed by atoms with Crippen LogP contribution in [-0.2, 0) is 21.2 Å². The van der Waals surface area contributed by atoms with Gasteiger partial charge in [-0.3, -0.25) is 9.10 Å². The Morgan fingerprint density at radius 1 is 1.28 bits per heavy atom. The van der Waals surface area contributed by atoms with E-state index in [0.29, 0.717) is 45.9 Å². The number of benzene rings is 2. The number of amides is 1. The first-order chi connectivity index (χ1) is 15.2. The van der Waals surface area contributed by atoms with Gasteiger partial charge in [0.05, 0.1) is 23.1 Å². The molecule has 2 N–H and O–H groups in total. The number of primary amides is 1. The number of sulfonamides is 1. The fraction of sp³-hybridized carbons (Fsp3) is 0.318. The second-order valence-electron chi connectivity index (χ2n) is 8.04. The Morgan fingerprint density at radius 3 is 2.53 bits per heavy atom. The summed E-state index contributed by atoms with van der Waals surface area (Å²) in [7, 11) is -3.64. The van der Waals surface area contributed by atoms with E-state index >= 15 is 0 Å². The highest BCUT2D eigenvalue weighted by atomic mass is 35.5. The van der Waals surface area contributed by atoms with Crippen molar-refractivity contribution in [2.45, 2.75) is 25.7 Å². The number of hydrogen-bond acceptors (Lipinski definition) is 5. The number of nitrogens with zero attached hydrogens (tertiary/aromatic N) is 3. The molecule has 4 rings (SSSR count). The molecular formula is C22H23ClN4O4S. The molecule has 10 heteroatoms. The van der Waals surface area contributed by atoms with Crippen LogP contribution >= 0.6 is 11.6 Å². The largest absolute Gasteiger partial charge is 0.364 e. The van der Waals surface area contributed by atoms with Gasteiger partial charge >= 0.3 is 0 Å². The van der Waals surface area contributed by atoms with Crippen LogP contribution in [0.3, 0.4) is 0 Å². The van der Waals surface area contributed by atoms with E-state index < -0.39 is 15.9 Å². The van der Waals surface area contributed by atoms with E-state index in [1.807, 2.05) is 6.07 Å². The average molecular weight is 475 g/mol. The van der Waals surface area contributed by atoms with Crippen LogP contribution in [0, 0.1) is 5.92 Å². The van der Waals surface area contributed by atoms with Crippen LogP contribution in [0.4, 0.5) is 5.69 Å². The van der Waals surface area contributed by atoms with Crippen molar-refractivity contribution in [2.24, 2.45) is 11.7 Å². The third kappa shape index (κ3) is 4.49. The SMILES string of the molecule is CS(=O)(=O)N(CCC=O)c1cc2nn(-c3ccc(Cl)cc3)c(C(N)=O)c2cc1CC1CC1. The molecule has 0 atom stereocenters. The second kappa shape index (κ2) is 8.55. The number of halogens is 1. The molecule has 0 aliphatic heterocycles. The van der Waals surface area contributed by atoms with Gasteiger partial charge in [-0.15, -0.1) is 0 Å². The van der Waals surface area contributed by atoms with Crippen LogP contribution in [0.5, 0.6) is 0 Å². The highest BCUT2D eigenvalue weighted by Gasteiger charge is 2.28. The van der Waals surface area contributed by atoms with Crippen LogP contribution in [0.1, 0.15) is 35.3 Å². The van der Waals surface area contributed by atoms with Crippen molar-refractivity contribution < 1.29 is 18.0 Å². The maximum atomic E-state index is 12.6. The van der Waals surface area contributed by atoms with Gasteiger partial charge in [0, 0.05) is 23.4 Å². The van der Waals surface area contributed by atoms with E-state index in [-0.39, 0.29) is 18.7 Å². The molecular weight excluding hydrogens is 452 g/mol. The summed E-state index contributed by atoms with van der Waals surface area (Å²) in [5.41, 5.74) is 8.23. The highest BCUT2D eigenvalue weighted by molar-refractivity contribution is 7.92. The minimum Gasteiger partial charge on any atom is -0.364 e. The summed E-state index contributed by atoms with van der Waals surface area (Å²) < 4.78 is 27.8. The summed E-state index contributed by atoms with van der Waals surface area (Å²) in [6.45, 7) is 0.0338. The summed E-state index contributed by atoms with van der Waals surface area (Å²) in [5, 5.41) is 5.65. The maximum absolute atomic E-state index is 12.6. The third-order valence-corrected chi connectivity index (χ3v) is 6.93. The zero-order valence-corrected chi connectivity index (χ0v) is 19.1. The van der Waals surface area contributed by atoms with Crippen LogP contribution < -0.4 is 10.0 Å². The Kier molecular flexibility index (Phi) is 5.96. The summed E-state index contributed by atoms with van der Waals surface area (Å²) in [6, 6.07) is 10.3. The fourth-order valence-corrected chi connectivity index (χ4v) is 4.93. The average Bonchev–Trinajstić information content (AvgIpc) is 3.45. The van der Waals surface area contributed by atoms with Gasteiger partial charge < -0.3 is 10.5 Å². The highest BCUT2D eigenvalue weighted by Crippen LogP contribution is 2.38. The zero-order chi connectivity index (χ0) is 23.0. The minimum atomic E-state index is -3.64. The standard InChI is InChI=1S/C22H23ClN4O4S/c1-32(30,31)26(9-2-10-28)20-13-19-18(12-15(20)11-14-3-4-14)21(22(24)29)27(25-19)17-7-5-16(23)6-8-17/h5-8,10,12-14H,2-4,9,11H2,1H3,(H2,24,29). The first kappa shape index (κ1) is 22.3. The second-order valence-corrected chi connectivity index (χ2v) is 10.4. The van der Waals surface area contributed by atoms with E-state index in [4.69, 9.17) is 17.3 Å². The summed E-state index contributed by atoms with van der Waals surface area (Å²) in [6.07, 6.45) is 4.68. The van der Waals surface area contributed by atoms with Gasteiger partial charge in [0.1, 0.15) is 12.0 Å². The molecule has 1 aliphatic rings. The van der Waals surface area contributed by atoms with E-state index in [0.717, 1.165) is 24.7 Å². The monoisotopic (exact) mass is 474 g/mol. The van der Waals surface area contributed by atoms with Crippen molar-refractivity contribution >= 4 is 50.4 Å². The lowest BCUT2D eigenvalue weighted by Crippen LogP contribution is -2.32. The van der Waals surface area contributed by atoms with E-state index in [1.54, 1.807) is 30.3 Å². The van der Waals surface area contributed by atoms with Crippen LogP contribution in [0.25, 0.3) is 16.6 Å². The van der Waals surface area contributed by atoms with E-state index in [2.05, 4.69) is 5.10 Å². The maximum Gasteiger partial charge on any atom is 0.268 e.